The lowest BCUT2D eigenvalue weighted by molar-refractivity contribution is -0.400. The van der Waals surface area contributed by atoms with Crippen LogP contribution in [0.15, 0.2) is 28.9 Å². The van der Waals surface area contributed by atoms with E-state index in [1.807, 2.05) is 6.07 Å². The average Bonchev–Trinajstić information content (AvgIpc) is 2.16. The number of hydrogen-bond donors (Lipinski definition) is 0. The Kier molecular flexibility index (Phi) is 3.37. The Hall–Kier alpha value is -1.67. The van der Waals surface area contributed by atoms with Crippen LogP contribution < -0.4 is 0 Å². The van der Waals surface area contributed by atoms with Gasteiger partial charge in [-0.05, 0) is 23.8 Å². The van der Waals surface area contributed by atoms with Crippen LogP contribution in [-0.4, -0.2) is 4.92 Å². The third-order valence-electron chi connectivity index (χ3n) is 1.50. The lowest BCUT2D eigenvalue weighted by atomic mass is 10.1. The Morgan fingerprint density at radius 2 is 2.29 bits per heavy atom. The number of nitro groups is 1. The molecule has 0 heterocycles. The van der Waals surface area contributed by atoms with Gasteiger partial charge < -0.3 is 0 Å². The summed E-state index contributed by atoms with van der Waals surface area (Å²) >= 11 is 3.23. The Morgan fingerprint density at radius 3 is 2.86 bits per heavy atom. The predicted molar refractivity (Wildman–Crippen MR) is 54.9 cm³/mol. The fourth-order valence-corrected chi connectivity index (χ4v) is 1.26. The third-order valence-corrected chi connectivity index (χ3v) is 2.22. The summed E-state index contributed by atoms with van der Waals surface area (Å²) in [5, 5.41) is 18.7. The molecular formula is C9H5BrN2O2. The van der Waals surface area contributed by atoms with Crippen LogP contribution in [0.25, 0.3) is 6.08 Å². The van der Waals surface area contributed by atoms with Gasteiger partial charge in [-0.15, -0.1) is 0 Å². The zero-order chi connectivity index (χ0) is 10.6. The van der Waals surface area contributed by atoms with Crippen LogP contribution in [0.4, 0.5) is 0 Å². The van der Waals surface area contributed by atoms with Crippen molar-refractivity contribution in [1.29, 1.82) is 5.26 Å². The fourth-order valence-electron chi connectivity index (χ4n) is 0.882. The van der Waals surface area contributed by atoms with Gasteiger partial charge in [0.15, 0.2) is 0 Å². The normalized spacial score (nSPS) is 10.0. The Labute approximate surface area is 88.7 Å². The molecule has 0 aliphatic carbocycles. The molecule has 0 saturated carbocycles. The van der Waals surface area contributed by atoms with E-state index in [0.717, 1.165) is 10.7 Å². The summed E-state index contributed by atoms with van der Waals surface area (Å²) < 4.78 is 0.717. The fraction of sp³-hybridized carbons (Fsp3) is 0. The van der Waals surface area contributed by atoms with Gasteiger partial charge in [0, 0.05) is 10.5 Å². The zero-order valence-corrected chi connectivity index (χ0v) is 8.56. The van der Waals surface area contributed by atoms with Crippen LogP contribution in [0.5, 0.6) is 0 Å². The summed E-state index contributed by atoms with van der Waals surface area (Å²) in [6.45, 7) is 0. The minimum Gasteiger partial charge on any atom is -0.259 e. The Balaban J connectivity index is 3.08. The van der Waals surface area contributed by atoms with Crippen LogP contribution in [0.2, 0.25) is 0 Å². The Morgan fingerprint density at radius 1 is 1.57 bits per heavy atom. The van der Waals surface area contributed by atoms with Gasteiger partial charge >= 0.3 is 0 Å². The van der Waals surface area contributed by atoms with E-state index in [1.165, 1.54) is 6.08 Å². The molecule has 4 nitrogen and oxygen atoms in total. The molecule has 0 aliphatic heterocycles. The number of halogens is 1. The molecule has 0 bridgehead atoms. The molecule has 0 aliphatic rings. The topological polar surface area (TPSA) is 66.9 Å². The molecule has 1 rings (SSSR count). The van der Waals surface area contributed by atoms with Gasteiger partial charge in [-0.25, -0.2) is 0 Å². The highest BCUT2D eigenvalue weighted by Gasteiger charge is 1.99. The zero-order valence-electron chi connectivity index (χ0n) is 6.98. The van der Waals surface area contributed by atoms with Gasteiger partial charge in [0.2, 0.25) is 6.20 Å². The standard InChI is InChI=1S/C9H5BrN2O2/c10-9-2-1-7(6-11)5-8(9)3-4-12(13)14/h1-5H/b4-3+. The second-order valence-corrected chi connectivity index (χ2v) is 3.30. The average molecular weight is 253 g/mol. The number of rotatable bonds is 2. The van der Waals surface area contributed by atoms with Crippen molar-refractivity contribution in [3.8, 4) is 6.07 Å². The van der Waals surface area contributed by atoms with Gasteiger partial charge in [-0.2, -0.15) is 5.26 Å². The minimum absolute atomic E-state index is 0.469. The Bertz CT molecular complexity index is 435. The summed E-state index contributed by atoms with van der Waals surface area (Å²) in [5.74, 6) is 0. The molecule has 70 valence electrons. The molecule has 0 N–H and O–H groups in total. The number of hydrogen-bond acceptors (Lipinski definition) is 3. The van der Waals surface area contributed by atoms with Crippen molar-refractivity contribution in [1.82, 2.24) is 0 Å². The maximum Gasteiger partial charge on any atom is 0.235 e. The molecule has 0 unspecified atom stereocenters. The highest BCUT2D eigenvalue weighted by atomic mass is 79.9. The monoisotopic (exact) mass is 252 g/mol. The van der Waals surface area contributed by atoms with Crippen molar-refractivity contribution < 1.29 is 4.92 Å². The lowest BCUT2D eigenvalue weighted by Crippen LogP contribution is -1.84. The van der Waals surface area contributed by atoms with Crippen molar-refractivity contribution in [3.05, 3.63) is 50.1 Å². The van der Waals surface area contributed by atoms with Gasteiger partial charge in [-0.3, -0.25) is 10.1 Å². The highest BCUT2D eigenvalue weighted by molar-refractivity contribution is 9.10. The second kappa shape index (κ2) is 4.53. The SMILES string of the molecule is N#Cc1ccc(Br)c(/C=C/[N+](=O)[O-])c1. The van der Waals surface area contributed by atoms with Crippen LogP contribution in [-0.2, 0) is 0 Å². The molecule has 1 aromatic carbocycles. The summed E-state index contributed by atoms with van der Waals surface area (Å²) in [7, 11) is 0. The van der Waals surface area contributed by atoms with E-state index in [9.17, 15) is 10.1 Å². The predicted octanol–water partition coefficient (Wildman–Crippen LogP) is 2.57. The molecule has 0 aromatic heterocycles. The van der Waals surface area contributed by atoms with E-state index in [1.54, 1.807) is 18.2 Å². The van der Waals surface area contributed by atoms with E-state index in [2.05, 4.69) is 15.9 Å². The molecule has 0 amide bonds. The van der Waals surface area contributed by atoms with E-state index in [4.69, 9.17) is 5.26 Å². The van der Waals surface area contributed by atoms with Crippen LogP contribution in [0.1, 0.15) is 11.1 Å². The summed E-state index contributed by atoms with van der Waals surface area (Å²) in [6.07, 6.45) is 2.17. The third kappa shape index (κ3) is 2.68. The maximum absolute atomic E-state index is 10.1. The van der Waals surface area contributed by atoms with Crippen molar-refractivity contribution in [3.63, 3.8) is 0 Å². The molecular weight excluding hydrogens is 248 g/mol. The largest absolute Gasteiger partial charge is 0.259 e. The molecule has 0 spiro atoms. The van der Waals surface area contributed by atoms with E-state index >= 15 is 0 Å². The van der Waals surface area contributed by atoms with Gasteiger partial charge in [0.05, 0.1) is 16.6 Å². The molecule has 5 heteroatoms. The first-order valence-electron chi connectivity index (χ1n) is 3.65. The van der Waals surface area contributed by atoms with Crippen LogP contribution in [0.3, 0.4) is 0 Å². The number of benzene rings is 1. The first-order chi connectivity index (χ1) is 6.63. The molecule has 0 saturated heterocycles. The minimum atomic E-state index is -0.550. The molecule has 1 aromatic rings. The molecule has 0 atom stereocenters. The molecule has 0 fully saturated rings. The maximum atomic E-state index is 10.1. The van der Waals surface area contributed by atoms with Gasteiger partial charge in [0.25, 0.3) is 0 Å². The lowest BCUT2D eigenvalue weighted by Gasteiger charge is -1.96. The van der Waals surface area contributed by atoms with Crippen molar-refractivity contribution in [2.45, 2.75) is 0 Å². The van der Waals surface area contributed by atoms with Crippen molar-refractivity contribution in [2.75, 3.05) is 0 Å². The van der Waals surface area contributed by atoms with Gasteiger partial charge in [0.1, 0.15) is 0 Å². The summed E-state index contributed by atoms with van der Waals surface area (Å²) in [6, 6.07) is 6.84. The second-order valence-electron chi connectivity index (χ2n) is 2.45. The van der Waals surface area contributed by atoms with Crippen LogP contribution in [0, 0.1) is 21.4 Å². The number of nitrogens with zero attached hydrogens (tertiary/aromatic N) is 2. The van der Waals surface area contributed by atoms with Crippen molar-refractivity contribution >= 4 is 22.0 Å². The first-order valence-corrected chi connectivity index (χ1v) is 4.44. The van der Waals surface area contributed by atoms with E-state index in [0.29, 0.717) is 11.1 Å². The summed E-state index contributed by atoms with van der Waals surface area (Å²) in [4.78, 5) is 9.53. The van der Waals surface area contributed by atoms with Crippen molar-refractivity contribution in [2.24, 2.45) is 0 Å². The van der Waals surface area contributed by atoms with Crippen LogP contribution >= 0.6 is 15.9 Å². The van der Waals surface area contributed by atoms with E-state index < -0.39 is 4.92 Å². The molecule has 14 heavy (non-hydrogen) atoms. The highest BCUT2D eigenvalue weighted by Crippen LogP contribution is 2.19. The summed E-state index contributed by atoms with van der Waals surface area (Å²) in [5.41, 5.74) is 1.08. The smallest absolute Gasteiger partial charge is 0.235 e. The quantitative estimate of drug-likeness (QED) is 0.600. The van der Waals surface area contributed by atoms with E-state index in [-0.39, 0.29) is 0 Å². The van der Waals surface area contributed by atoms with Gasteiger partial charge in [-0.1, -0.05) is 15.9 Å². The molecule has 0 radical (unpaired) electrons. The first kappa shape index (κ1) is 10.4. The number of nitriles is 1.